The molecule has 0 saturated heterocycles. The molecule has 2 aliphatic heterocycles. The lowest BCUT2D eigenvalue weighted by Gasteiger charge is -2.15. The lowest BCUT2D eigenvalue weighted by Crippen LogP contribution is -2.11. The third-order valence-electron chi connectivity index (χ3n) is 4.41. The van der Waals surface area contributed by atoms with Crippen LogP contribution in [-0.4, -0.2) is 26.6 Å². The van der Waals surface area contributed by atoms with Gasteiger partial charge < -0.3 is 14.6 Å². The average Bonchev–Trinajstić information content (AvgIpc) is 3.21. The van der Waals surface area contributed by atoms with E-state index >= 15 is 0 Å². The number of hydrogen-bond acceptors (Lipinski definition) is 5. The molecule has 0 fully saturated rings. The lowest BCUT2D eigenvalue weighted by molar-refractivity contribution is 0.414. The van der Waals surface area contributed by atoms with Crippen molar-refractivity contribution in [3.63, 3.8) is 0 Å². The Morgan fingerprint density at radius 2 is 1.75 bits per heavy atom. The number of fused-ring (bicyclic) bond motifs is 1. The molecule has 0 aromatic heterocycles. The van der Waals surface area contributed by atoms with Crippen LogP contribution in [0, 0.1) is 0 Å². The number of anilines is 1. The summed E-state index contributed by atoms with van der Waals surface area (Å²) in [5.74, 6) is 2.21. The Balaban J connectivity index is 1.56. The highest BCUT2D eigenvalue weighted by Gasteiger charge is 2.18. The quantitative estimate of drug-likeness (QED) is 0.493. The molecule has 0 bridgehead atoms. The van der Waals surface area contributed by atoms with E-state index in [2.05, 4.69) is 20.3 Å². The van der Waals surface area contributed by atoms with Gasteiger partial charge in [-0.2, -0.15) is 0 Å². The highest BCUT2D eigenvalue weighted by Crippen LogP contribution is 2.29. The van der Waals surface area contributed by atoms with Crippen LogP contribution in [0.15, 0.2) is 55.1 Å². The fourth-order valence-electron chi connectivity index (χ4n) is 2.91. The highest BCUT2D eigenvalue weighted by atomic mass is 35.5. The maximum Gasteiger partial charge on any atom is 0.165 e. The van der Waals surface area contributed by atoms with E-state index in [-0.39, 0.29) is 0 Å². The average molecular weight is 414 g/mol. The molecule has 0 amide bonds. The van der Waals surface area contributed by atoms with Gasteiger partial charge in [0.2, 0.25) is 0 Å². The number of benzene rings is 2. The number of nitrogens with one attached hydrogen (secondary N) is 1. The summed E-state index contributed by atoms with van der Waals surface area (Å²) in [6.45, 7) is 1.07. The molecule has 2 aromatic rings. The summed E-state index contributed by atoms with van der Waals surface area (Å²) in [7, 11) is 1.65. The van der Waals surface area contributed by atoms with Gasteiger partial charge in [-0.3, -0.25) is 0 Å². The zero-order valence-corrected chi connectivity index (χ0v) is 16.6. The largest absolute Gasteiger partial charge is 0.497 e. The third-order valence-corrected chi connectivity index (χ3v) is 5.12. The SMILES string of the molecule is COc1ccc(CNc2ncn(Cc3c(Cl)cccc3Cl)c3ncnc2-3)cc1. The number of imidazole rings is 1. The smallest absolute Gasteiger partial charge is 0.165 e. The van der Waals surface area contributed by atoms with Crippen molar-refractivity contribution in [1.82, 2.24) is 19.5 Å². The second kappa shape index (κ2) is 8.04. The molecule has 8 heteroatoms. The maximum absolute atomic E-state index is 6.30. The molecule has 2 aromatic carbocycles. The molecule has 0 aliphatic carbocycles. The number of methoxy groups -OCH3 is 1. The zero-order chi connectivity index (χ0) is 19.5. The number of nitrogens with zero attached hydrogens (tertiary/aromatic N) is 4. The van der Waals surface area contributed by atoms with Crippen LogP contribution in [0.25, 0.3) is 11.5 Å². The maximum atomic E-state index is 6.30. The summed E-state index contributed by atoms with van der Waals surface area (Å²) in [4.78, 5) is 13.3. The van der Waals surface area contributed by atoms with E-state index in [0.717, 1.165) is 16.9 Å². The minimum absolute atomic E-state index is 0.458. The number of hydrogen-bond donors (Lipinski definition) is 1. The summed E-state index contributed by atoms with van der Waals surface area (Å²) in [5.41, 5.74) is 2.62. The predicted molar refractivity (Wildman–Crippen MR) is 110 cm³/mol. The molecule has 142 valence electrons. The fraction of sp³-hybridized carbons (Fsp3) is 0.150. The topological polar surface area (TPSA) is 64.9 Å². The van der Waals surface area contributed by atoms with Crippen LogP contribution in [0.4, 0.5) is 5.82 Å². The van der Waals surface area contributed by atoms with E-state index in [1.165, 1.54) is 6.33 Å². The molecule has 2 heterocycles. The van der Waals surface area contributed by atoms with E-state index in [1.54, 1.807) is 13.4 Å². The van der Waals surface area contributed by atoms with Gasteiger partial charge in [0.15, 0.2) is 17.3 Å². The van der Waals surface area contributed by atoms with E-state index in [9.17, 15) is 0 Å². The van der Waals surface area contributed by atoms with E-state index < -0.39 is 0 Å². The molecule has 6 nitrogen and oxygen atoms in total. The van der Waals surface area contributed by atoms with Gasteiger partial charge in [0.1, 0.15) is 12.1 Å². The zero-order valence-electron chi connectivity index (χ0n) is 15.1. The second-order valence-corrected chi connectivity index (χ2v) is 6.98. The Morgan fingerprint density at radius 3 is 2.46 bits per heavy atom. The van der Waals surface area contributed by atoms with Gasteiger partial charge in [0.05, 0.1) is 20.0 Å². The molecule has 4 rings (SSSR count). The van der Waals surface area contributed by atoms with Crippen molar-refractivity contribution < 1.29 is 4.74 Å². The summed E-state index contributed by atoms with van der Waals surface area (Å²) in [6.07, 6.45) is 3.24. The standard InChI is InChI=1S/C20H17Cl2N5O/c1-28-14-7-5-13(6-8-14)9-23-19-18-20(25-11-24-18)27(12-26-19)10-15-16(21)3-2-4-17(15)22/h2-8,11-12,23H,9-10H2,1H3. The Morgan fingerprint density at radius 1 is 1.00 bits per heavy atom. The number of ether oxygens (including phenoxy) is 1. The number of rotatable bonds is 6. The van der Waals surface area contributed by atoms with Gasteiger partial charge in [-0.15, -0.1) is 0 Å². The van der Waals surface area contributed by atoms with Crippen molar-refractivity contribution in [3.05, 3.63) is 76.3 Å². The molecule has 0 atom stereocenters. The van der Waals surface area contributed by atoms with Crippen molar-refractivity contribution >= 4 is 29.0 Å². The van der Waals surface area contributed by atoms with Crippen molar-refractivity contribution in [1.29, 1.82) is 0 Å². The Hall–Kier alpha value is -2.83. The molecule has 2 aliphatic rings. The number of aromatic nitrogens is 4. The van der Waals surface area contributed by atoms with Crippen LogP contribution in [0.5, 0.6) is 5.75 Å². The first-order valence-corrected chi connectivity index (χ1v) is 9.37. The van der Waals surface area contributed by atoms with Gasteiger partial charge >= 0.3 is 0 Å². The minimum Gasteiger partial charge on any atom is -0.497 e. The van der Waals surface area contributed by atoms with Gasteiger partial charge in [-0.05, 0) is 29.8 Å². The first kappa shape index (κ1) is 18.5. The Bertz CT molecular complexity index is 1040. The summed E-state index contributed by atoms with van der Waals surface area (Å²) >= 11 is 12.6. The van der Waals surface area contributed by atoms with Gasteiger partial charge in [0.25, 0.3) is 0 Å². The number of halogens is 2. The lowest BCUT2D eigenvalue weighted by atomic mass is 10.2. The van der Waals surface area contributed by atoms with Gasteiger partial charge in [-0.1, -0.05) is 41.4 Å². The Labute approximate surface area is 172 Å². The highest BCUT2D eigenvalue weighted by molar-refractivity contribution is 6.35. The Kier molecular flexibility index (Phi) is 5.32. The normalized spacial score (nSPS) is 11.0. The third kappa shape index (κ3) is 3.74. The van der Waals surface area contributed by atoms with Crippen LogP contribution >= 0.6 is 23.2 Å². The molecule has 0 radical (unpaired) electrons. The molecule has 28 heavy (non-hydrogen) atoms. The first-order valence-electron chi connectivity index (χ1n) is 8.61. The second-order valence-electron chi connectivity index (χ2n) is 6.17. The molecule has 0 spiro atoms. The molecule has 0 unspecified atom stereocenters. The van der Waals surface area contributed by atoms with Crippen molar-refractivity contribution in [2.75, 3.05) is 12.4 Å². The molecular weight excluding hydrogens is 397 g/mol. The van der Waals surface area contributed by atoms with Gasteiger partial charge in [-0.25, -0.2) is 15.0 Å². The van der Waals surface area contributed by atoms with E-state index in [1.807, 2.05) is 47.0 Å². The first-order chi connectivity index (χ1) is 13.7. The molecule has 1 N–H and O–H groups in total. The fourth-order valence-corrected chi connectivity index (χ4v) is 3.43. The monoisotopic (exact) mass is 413 g/mol. The molecular formula is C20H17Cl2N5O. The van der Waals surface area contributed by atoms with E-state index in [0.29, 0.717) is 40.5 Å². The summed E-state index contributed by atoms with van der Waals surface area (Å²) in [6, 6.07) is 13.3. The van der Waals surface area contributed by atoms with Crippen LogP contribution in [0.2, 0.25) is 10.0 Å². The minimum atomic E-state index is 0.458. The van der Waals surface area contributed by atoms with Gasteiger partial charge in [0, 0.05) is 22.2 Å². The van der Waals surface area contributed by atoms with Crippen molar-refractivity contribution in [3.8, 4) is 17.3 Å². The van der Waals surface area contributed by atoms with Crippen molar-refractivity contribution in [2.24, 2.45) is 0 Å². The van der Waals surface area contributed by atoms with Crippen LogP contribution in [0.3, 0.4) is 0 Å². The van der Waals surface area contributed by atoms with Crippen molar-refractivity contribution in [2.45, 2.75) is 13.1 Å². The predicted octanol–water partition coefficient (Wildman–Crippen LogP) is 4.75. The van der Waals surface area contributed by atoms with Crippen LogP contribution < -0.4 is 10.1 Å². The van der Waals surface area contributed by atoms with E-state index in [4.69, 9.17) is 27.9 Å². The van der Waals surface area contributed by atoms with Crippen LogP contribution in [-0.2, 0) is 13.1 Å². The van der Waals surface area contributed by atoms with Crippen LogP contribution in [0.1, 0.15) is 11.1 Å². The summed E-state index contributed by atoms with van der Waals surface area (Å²) < 4.78 is 7.07. The summed E-state index contributed by atoms with van der Waals surface area (Å²) in [5, 5.41) is 4.53. The molecule has 0 saturated carbocycles.